The lowest BCUT2D eigenvalue weighted by atomic mass is 9.90. The average Bonchev–Trinajstić information content (AvgIpc) is 2.39. The Bertz CT molecular complexity index is 416. The SMILES string of the molecule is CC(C)(C)N(C(=O)c1ccncc1)C1CCCCC1. The lowest BCUT2D eigenvalue weighted by Gasteiger charge is -2.43. The molecule has 0 aromatic carbocycles. The Morgan fingerprint density at radius 2 is 1.74 bits per heavy atom. The molecular weight excluding hydrogens is 236 g/mol. The second-order valence-corrected chi connectivity index (χ2v) is 6.37. The largest absolute Gasteiger partial charge is 0.331 e. The number of hydrogen-bond acceptors (Lipinski definition) is 2. The molecule has 0 N–H and O–H groups in total. The van der Waals surface area contributed by atoms with Crippen molar-refractivity contribution in [2.45, 2.75) is 64.5 Å². The van der Waals surface area contributed by atoms with Crippen molar-refractivity contribution in [2.75, 3.05) is 0 Å². The number of carbonyl (C=O) groups excluding carboxylic acids is 1. The fourth-order valence-corrected chi connectivity index (χ4v) is 2.99. The molecular formula is C16H24N2O. The molecule has 104 valence electrons. The standard InChI is InChI=1S/C16H24N2O/c1-16(2,3)18(14-7-5-4-6-8-14)15(19)13-9-11-17-12-10-13/h9-12,14H,4-8H2,1-3H3. The van der Waals surface area contributed by atoms with Gasteiger partial charge in [-0.15, -0.1) is 0 Å². The van der Waals surface area contributed by atoms with E-state index in [9.17, 15) is 4.79 Å². The highest BCUT2D eigenvalue weighted by atomic mass is 16.2. The first-order chi connectivity index (χ1) is 9.00. The molecule has 1 fully saturated rings. The number of rotatable bonds is 2. The van der Waals surface area contributed by atoms with Crippen LogP contribution >= 0.6 is 0 Å². The molecule has 1 aromatic heterocycles. The lowest BCUT2D eigenvalue weighted by Crippen LogP contribution is -2.52. The number of aromatic nitrogens is 1. The normalized spacial score (nSPS) is 17.2. The maximum absolute atomic E-state index is 12.8. The minimum Gasteiger partial charge on any atom is -0.331 e. The van der Waals surface area contributed by atoms with Crippen molar-refractivity contribution in [3.63, 3.8) is 0 Å². The Balaban J connectivity index is 2.25. The first-order valence-corrected chi connectivity index (χ1v) is 7.24. The molecule has 1 heterocycles. The van der Waals surface area contributed by atoms with E-state index in [-0.39, 0.29) is 11.4 Å². The number of hydrogen-bond donors (Lipinski definition) is 0. The molecule has 1 aliphatic rings. The Labute approximate surface area is 116 Å². The first-order valence-electron chi connectivity index (χ1n) is 7.24. The van der Waals surface area contributed by atoms with E-state index < -0.39 is 0 Å². The molecule has 0 bridgehead atoms. The molecule has 2 rings (SSSR count). The summed E-state index contributed by atoms with van der Waals surface area (Å²) in [6, 6.07) is 4.00. The van der Waals surface area contributed by atoms with Gasteiger partial charge in [0.1, 0.15) is 0 Å². The zero-order valence-electron chi connectivity index (χ0n) is 12.2. The molecule has 1 amide bonds. The molecule has 3 nitrogen and oxygen atoms in total. The van der Waals surface area contributed by atoms with E-state index in [1.807, 2.05) is 12.1 Å². The number of carbonyl (C=O) groups is 1. The second kappa shape index (κ2) is 5.72. The van der Waals surface area contributed by atoms with E-state index in [1.165, 1.54) is 19.3 Å². The predicted molar refractivity (Wildman–Crippen MR) is 77.0 cm³/mol. The topological polar surface area (TPSA) is 33.2 Å². The van der Waals surface area contributed by atoms with Crippen LogP contribution in [0.3, 0.4) is 0 Å². The lowest BCUT2D eigenvalue weighted by molar-refractivity contribution is 0.0367. The zero-order valence-corrected chi connectivity index (χ0v) is 12.2. The fraction of sp³-hybridized carbons (Fsp3) is 0.625. The average molecular weight is 260 g/mol. The summed E-state index contributed by atoms with van der Waals surface area (Å²) in [5, 5.41) is 0. The van der Waals surface area contributed by atoms with Crippen molar-refractivity contribution < 1.29 is 4.79 Å². The first kappa shape index (κ1) is 14.0. The molecule has 1 aromatic rings. The van der Waals surface area contributed by atoms with Crippen molar-refractivity contribution in [2.24, 2.45) is 0 Å². The van der Waals surface area contributed by atoms with E-state index in [0.717, 1.165) is 18.4 Å². The zero-order chi connectivity index (χ0) is 13.9. The quantitative estimate of drug-likeness (QED) is 0.813. The number of nitrogens with zero attached hydrogens (tertiary/aromatic N) is 2. The monoisotopic (exact) mass is 260 g/mol. The van der Waals surface area contributed by atoms with Gasteiger partial charge in [0.15, 0.2) is 0 Å². The van der Waals surface area contributed by atoms with E-state index >= 15 is 0 Å². The van der Waals surface area contributed by atoms with Gasteiger partial charge < -0.3 is 4.90 Å². The van der Waals surface area contributed by atoms with Gasteiger partial charge in [-0.25, -0.2) is 0 Å². The third-order valence-corrected chi connectivity index (χ3v) is 3.81. The summed E-state index contributed by atoms with van der Waals surface area (Å²) in [6.45, 7) is 6.38. The maximum Gasteiger partial charge on any atom is 0.254 e. The summed E-state index contributed by atoms with van der Waals surface area (Å²) in [5.41, 5.74) is 0.609. The van der Waals surface area contributed by atoms with Crippen LogP contribution in [0.15, 0.2) is 24.5 Å². The fourth-order valence-electron chi connectivity index (χ4n) is 2.99. The van der Waals surface area contributed by atoms with Crippen LogP contribution in [0.4, 0.5) is 0 Å². The van der Waals surface area contributed by atoms with Gasteiger partial charge in [0.2, 0.25) is 0 Å². The van der Waals surface area contributed by atoms with Crippen molar-refractivity contribution in [3.05, 3.63) is 30.1 Å². The predicted octanol–water partition coefficient (Wildman–Crippen LogP) is 3.66. The molecule has 0 spiro atoms. The summed E-state index contributed by atoms with van der Waals surface area (Å²) >= 11 is 0. The molecule has 19 heavy (non-hydrogen) atoms. The summed E-state index contributed by atoms with van der Waals surface area (Å²) in [6.07, 6.45) is 9.42. The number of amides is 1. The summed E-state index contributed by atoms with van der Waals surface area (Å²) < 4.78 is 0. The van der Waals surface area contributed by atoms with Gasteiger partial charge in [0.25, 0.3) is 5.91 Å². The van der Waals surface area contributed by atoms with Gasteiger partial charge in [-0.1, -0.05) is 19.3 Å². The van der Waals surface area contributed by atoms with Crippen LogP contribution < -0.4 is 0 Å². The highest BCUT2D eigenvalue weighted by Gasteiger charge is 2.34. The van der Waals surface area contributed by atoms with Crippen LogP contribution in [0.1, 0.15) is 63.2 Å². The second-order valence-electron chi connectivity index (χ2n) is 6.37. The van der Waals surface area contributed by atoms with Crippen LogP contribution in [0.5, 0.6) is 0 Å². The third-order valence-electron chi connectivity index (χ3n) is 3.81. The van der Waals surface area contributed by atoms with Crippen LogP contribution in [0.25, 0.3) is 0 Å². The van der Waals surface area contributed by atoms with Crippen molar-refractivity contribution in [1.29, 1.82) is 0 Å². The third kappa shape index (κ3) is 3.34. The molecule has 0 atom stereocenters. The summed E-state index contributed by atoms with van der Waals surface area (Å²) in [7, 11) is 0. The van der Waals surface area contributed by atoms with Gasteiger partial charge >= 0.3 is 0 Å². The Morgan fingerprint density at radius 1 is 1.16 bits per heavy atom. The van der Waals surface area contributed by atoms with Gasteiger partial charge in [0.05, 0.1) is 0 Å². The maximum atomic E-state index is 12.8. The molecule has 1 aliphatic carbocycles. The molecule has 3 heteroatoms. The molecule has 0 aliphatic heterocycles. The van der Waals surface area contributed by atoms with E-state index in [0.29, 0.717) is 6.04 Å². The minimum atomic E-state index is -0.137. The summed E-state index contributed by atoms with van der Waals surface area (Å²) in [5.74, 6) is 0.141. The highest BCUT2D eigenvalue weighted by Crippen LogP contribution is 2.29. The van der Waals surface area contributed by atoms with E-state index in [2.05, 4.69) is 30.7 Å². The van der Waals surface area contributed by atoms with Gasteiger partial charge in [0, 0.05) is 29.5 Å². The van der Waals surface area contributed by atoms with Crippen molar-refractivity contribution in [1.82, 2.24) is 9.88 Å². The van der Waals surface area contributed by atoms with E-state index in [1.54, 1.807) is 12.4 Å². The van der Waals surface area contributed by atoms with E-state index in [4.69, 9.17) is 0 Å². The molecule has 0 saturated heterocycles. The van der Waals surface area contributed by atoms with Crippen LogP contribution in [-0.4, -0.2) is 27.4 Å². The smallest absolute Gasteiger partial charge is 0.254 e. The van der Waals surface area contributed by atoms with Crippen LogP contribution in [0.2, 0.25) is 0 Å². The molecule has 0 unspecified atom stereocenters. The number of pyridine rings is 1. The molecule has 1 saturated carbocycles. The molecule has 0 radical (unpaired) electrons. The summed E-state index contributed by atoms with van der Waals surface area (Å²) in [4.78, 5) is 18.9. The Hall–Kier alpha value is -1.38. The van der Waals surface area contributed by atoms with Crippen LogP contribution in [0, 0.1) is 0 Å². The highest BCUT2D eigenvalue weighted by molar-refractivity contribution is 5.94. The van der Waals surface area contributed by atoms with Gasteiger partial charge in [-0.05, 0) is 45.7 Å². The van der Waals surface area contributed by atoms with Crippen molar-refractivity contribution >= 4 is 5.91 Å². The minimum absolute atomic E-state index is 0.137. The Kier molecular flexibility index (Phi) is 4.23. The van der Waals surface area contributed by atoms with Crippen LogP contribution in [-0.2, 0) is 0 Å². The van der Waals surface area contributed by atoms with Gasteiger partial charge in [-0.2, -0.15) is 0 Å². The van der Waals surface area contributed by atoms with Crippen molar-refractivity contribution in [3.8, 4) is 0 Å². The van der Waals surface area contributed by atoms with Gasteiger partial charge in [-0.3, -0.25) is 9.78 Å². The Morgan fingerprint density at radius 3 is 2.26 bits per heavy atom.